The number of anilines is 3. The Balaban J connectivity index is 0.887. The summed E-state index contributed by atoms with van der Waals surface area (Å²) in [6.45, 7) is 18.2. The maximum Gasteiger partial charge on any atom is 0.249 e. The second kappa shape index (κ2) is 18.8. The highest BCUT2D eigenvalue weighted by atomic mass is 16.2. The first-order chi connectivity index (χ1) is 30.5. The first kappa shape index (κ1) is 43.7. The molecule has 2 atom stereocenters. The fourth-order valence-corrected chi connectivity index (χ4v) is 10.3. The van der Waals surface area contributed by atoms with Crippen molar-refractivity contribution in [3.63, 3.8) is 0 Å². The van der Waals surface area contributed by atoms with Crippen LogP contribution in [0.25, 0.3) is 0 Å². The van der Waals surface area contributed by atoms with Crippen molar-refractivity contribution < 1.29 is 19.2 Å². The number of amidine groups is 1. The monoisotopic (exact) mass is 852 g/mol. The van der Waals surface area contributed by atoms with Crippen LogP contribution in [0.15, 0.2) is 95.1 Å². The third-order valence-electron chi connectivity index (χ3n) is 13.6. The van der Waals surface area contributed by atoms with E-state index in [1.165, 1.54) is 18.7 Å². The number of imide groups is 1. The number of benzene rings is 2. The number of carbonyl (C=O) groups excluding carboxylic acids is 4. The van der Waals surface area contributed by atoms with Crippen LogP contribution in [0.4, 0.5) is 22.9 Å². The molecule has 330 valence electrons. The van der Waals surface area contributed by atoms with Gasteiger partial charge in [0.1, 0.15) is 11.9 Å². The average Bonchev–Trinajstić information content (AvgIpc) is 3.67. The molecule has 63 heavy (non-hydrogen) atoms. The van der Waals surface area contributed by atoms with Gasteiger partial charge in [-0.1, -0.05) is 37.3 Å². The molecule has 5 aliphatic rings. The van der Waals surface area contributed by atoms with Crippen LogP contribution in [0.2, 0.25) is 0 Å². The Morgan fingerprint density at radius 3 is 2.38 bits per heavy atom. The van der Waals surface area contributed by atoms with Gasteiger partial charge in [-0.25, -0.2) is 20.0 Å². The largest absolute Gasteiger partial charge is 0.371 e. The molecule has 2 aromatic carbocycles. The van der Waals surface area contributed by atoms with Gasteiger partial charge in [0.05, 0.1) is 11.3 Å². The maximum atomic E-state index is 12.7. The number of hydrogen-bond acceptors (Lipinski definition) is 11. The lowest BCUT2D eigenvalue weighted by Crippen LogP contribution is -2.74. The molecule has 4 fully saturated rings. The van der Waals surface area contributed by atoms with Crippen molar-refractivity contribution in [2.24, 2.45) is 15.4 Å². The number of amides is 3. The molecule has 14 nitrogen and oxygen atoms in total. The van der Waals surface area contributed by atoms with Crippen molar-refractivity contribution in [1.82, 2.24) is 25.1 Å². The number of pyridine rings is 1. The molecule has 4 aliphatic heterocycles. The summed E-state index contributed by atoms with van der Waals surface area (Å²) in [4.78, 5) is 73.0. The maximum absolute atomic E-state index is 12.7. The Bertz CT molecular complexity index is 2290. The molecule has 3 amide bonds. The highest BCUT2D eigenvalue weighted by Crippen LogP contribution is 2.44. The zero-order valence-corrected chi connectivity index (χ0v) is 36.9. The zero-order valence-electron chi connectivity index (χ0n) is 36.9. The van der Waals surface area contributed by atoms with Crippen molar-refractivity contribution in [3.8, 4) is 0 Å². The first-order valence-electron chi connectivity index (χ1n) is 22.4. The number of rotatable bonds is 15. The number of hydrogen-bond donors (Lipinski definition) is 1. The molecule has 2 unspecified atom stereocenters. The molecule has 0 bridgehead atoms. The van der Waals surface area contributed by atoms with E-state index in [0.717, 1.165) is 100 Å². The second-order valence-corrected chi connectivity index (χ2v) is 17.9. The van der Waals surface area contributed by atoms with Gasteiger partial charge < -0.3 is 14.7 Å². The topological polar surface area (TPSA) is 137 Å². The molecule has 1 spiro atoms. The summed E-state index contributed by atoms with van der Waals surface area (Å²) in [5.41, 5.74) is 6.95. The quantitative estimate of drug-likeness (QED) is 0.0379. The lowest BCUT2D eigenvalue weighted by molar-refractivity contribution is -0.145. The fourth-order valence-electron chi connectivity index (χ4n) is 10.3. The van der Waals surface area contributed by atoms with Crippen LogP contribution in [0, 0.1) is 5.41 Å². The van der Waals surface area contributed by atoms with Gasteiger partial charge in [0.15, 0.2) is 12.1 Å². The summed E-state index contributed by atoms with van der Waals surface area (Å²) >= 11 is 0. The molecule has 14 heteroatoms. The Kier molecular flexibility index (Phi) is 13.0. The van der Waals surface area contributed by atoms with Crippen LogP contribution in [-0.2, 0) is 32.1 Å². The summed E-state index contributed by atoms with van der Waals surface area (Å²) in [7, 11) is 1.93. The number of aliphatic imine (C=N–C) groups is 2. The smallest absolute Gasteiger partial charge is 0.249 e. The van der Waals surface area contributed by atoms with E-state index in [1.807, 2.05) is 59.5 Å². The van der Waals surface area contributed by atoms with Gasteiger partial charge in [0.25, 0.3) is 0 Å². The minimum Gasteiger partial charge on any atom is -0.371 e. The van der Waals surface area contributed by atoms with Crippen LogP contribution in [0.3, 0.4) is 0 Å². The highest BCUT2D eigenvalue weighted by molar-refractivity contribution is 6.20. The van der Waals surface area contributed by atoms with E-state index in [2.05, 4.69) is 69.5 Å². The third-order valence-corrected chi connectivity index (χ3v) is 13.6. The van der Waals surface area contributed by atoms with E-state index in [-0.39, 0.29) is 23.8 Å². The lowest BCUT2D eigenvalue weighted by Gasteiger charge is -2.63. The molecule has 0 saturated carbocycles. The number of carbonyl (C=O) groups is 4. The number of piperidine rings is 2. The van der Waals surface area contributed by atoms with Gasteiger partial charge >= 0.3 is 0 Å². The molecule has 8 rings (SSSR count). The summed E-state index contributed by atoms with van der Waals surface area (Å²) in [5, 5.41) is 6.23. The van der Waals surface area contributed by atoms with Gasteiger partial charge in [-0.3, -0.25) is 34.4 Å². The van der Waals surface area contributed by atoms with E-state index in [1.54, 1.807) is 4.90 Å². The lowest BCUT2D eigenvalue weighted by atomic mass is 9.71. The first-order valence-corrected chi connectivity index (χ1v) is 22.4. The van der Waals surface area contributed by atoms with Crippen molar-refractivity contribution in [2.45, 2.75) is 83.3 Å². The zero-order chi connectivity index (χ0) is 44.3. The minimum absolute atomic E-state index is 0.178. The Hall–Kier alpha value is -5.99. The molecular formula is C49H60N10O4. The Labute approximate surface area is 371 Å². The molecule has 1 aromatic heterocycles. The van der Waals surface area contributed by atoms with Crippen molar-refractivity contribution >= 4 is 59.4 Å². The van der Waals surface area contributed by atoms with Crippen LogP contribution >= 0.6 is 0 Å². The third kappa shape index (κ3) is 9.10. The number of para-hydroxylation sites is 1. The van der Waals surface area contributed by atoms with Crippen molar-refractivity contribution in [2.75, 3.05) is 67.7 Å². The number of aryl methyl sites for hydroxylation is 1. The van der Waals surface area contributed by atoms with Crippen LogP contribution in [0.5, 0.6) is 0 Å². The molecule has 1 aliphatic carbocycles. The van der Waals surface area contributed by atoms with Crippen molar-refractivity contribution in [1.29, 1.82) is 0 Å². The predicted octanol–water partition coefficient (Wildman–Crippen LogP) is 5.82. The number of hydrazine groups is 1. The van der Waals surface area contributed by atoms with Crippen molar-refractivity contribution in [3.05, 3.63) is 102 Å². The number of nitrogens with one attached hydrogen (secondary N) is 1. The van der Waals surface area contributed by atoms with Gasteiger partial charge in [-0.15, -0.1) is 6.58 Å². The molecule has 5 heterocycles. The summed E-state index contributed by atoms with van der Waals surface area (Å²) < 4.78 is 0. The van der Waals surface area contributed by atoms with E-state index >= 15 is 0 Å². The normalized spacial score (nSPS) is 21.4. The standard InChI is InChI=1S/C49H60N10O4/c1-6-24-54(5)59(44-20-14-36-13-12-35(7-2)46(36)52-44)47(38(29-60)27-50-4)51-39-15-17-40(18-16-39)56-30-49(31-56)32-57(33-49)41-22-25-55(26-23-41)42-11-9-8-10-37(42)28-58(34(3)61)43-19-21-45(62)53-48(43)63/h6,8-11,14-18,20,27,29,35,41,43H,1,4,7,12-13,19,21-26,28,30-33H2,2-3,5H3,(H,53,62,63)/b38-27-,51-47?. The van der Waals surface area contributed by atoms with Crippen LogP contribution in [0.1, 0.15) is 75.1 Å². The van der Waals surface area contributed by atoms with Gasteiger partial charge in [0.2, 0.25) is 17.7 Å². The Morgan fingerprint density at radius 1 is 0.968 bits per heavy atom. The summed E-state index contributed by atoms with van der Waals surface area (Å²) in [6.07, 6.45) is 9.86. The Morgan fingerprint density at radius 2 is 1.71 bits per heavy atom. The minimum atomic E-state index is -0.647. The average molecular weight is 853 g/mol. The summed E-state index contributed by atoms with van der Waals surface area (Å²) in [6, 6.07) is 20.4. The number of aromatic nitrogens is 1. The summed E-state index contributed by atoms with van der Waals surface area (Å²) in [5.74, 6) is 0.631. The van der Waals surface area contributed by atoms with E-state index in [0.29, 0.717) is 54.2 Å². The van der Waals surface area contributed by atoms with Crippen LogP contribution < -0.4 is 20.1 Å². The number of likely N-dealkylation sites (N-methyl/N-ethyl adjacent to an activating group) is 1. The van der Waals surface area contributed by atoms with E-state index < -0.39 is 11.9 Å². The number of nitrogens with zero attached hydrogens (tertiary/aromatic N) is 9. The van der Waals surface area contributed by atoms with Crippen LogP contribution in [-0.4, -0.2) is 121 Å². The molecule has 0 radical (unpaired) electrons. The molecular weight excluding hydrogens is 793 g/mol. The fraction of sp³-hybridized carbons (Fsp3) is 0.449. The molecule has 1 N–H and O–H groups in total. The number of likely N-dealkylation sites (tertiary alicyclic amines) is 1. The van der Waals surface area contributed by atoms with Gasteiger partial charge in [-0.2, -0.15) is 0 Å². The molecule has 3 aromatic rings. The van der Waals surface area contributed by atoms with Gasteiger partial charge in [0, 0.05) is 113 Å². The van der Waals surface area contributed by atoms with E-state index in [4.69, 9.17) is 9.98 Å². The SMILES string of the molecule is C=CCN(C)N(C(=Nc1ccc(N2CC3(C2)CN(C2CCN(c4ccccc4CN(C(C)=O)C4CCC(=O)NC4=O)CC2)C3)cc1)/C(C=O)=C\N=C)c1ccc2c(n1)C(CC)CC2. The highest BCUT2D eigenvalue weighted by Gasteiger charge is 2.53. The predicted molar refractivity (Wildman–Crippen MR) is 248 cm³/mol. The number of aldehydes is 1. The molecule has 4 saturated heterocycles. The number of fused-ring (bicyclic) bond motifs is 1. The van der Waals surface area contributed by atoms with E-state index in [9.17, 15) is 19.2 Å². The van der Waals surface area contributed by atoms with Gasteiger partial charge in [-0.05, 0) is 92.8 Å². The second-order valence-electron chi connectivity index (χ2n) is 17.9.